The van der Waals surface area contributed by atoms with Crippen molar-refractivity contribution in [2.75, 3.05) is 12.4 Å². The number of ether oxygens (including phenoxy) is 3. The first-order chi connectivity index (χ1) is 14.2. The number of methoxy groups -OCH3 is 1. The van der Waals surface area contributed by atoms with Crippen LogP contribution >= 0.6 is 0 Å². The Morgan fingerprint density at radius 2 is 1.80 bits per heavy atom. The molecule has 6 nitrogen and oxygen atoms in total. The van der Waals surface area contributed by atoms with E-state index < -0.39 is 23.8 Å². The fourth-order valence-corrected chi connectivity index (χ4v) is 2.48. The molecule has 2 aromatic carbocycles. The van der Waals surface area contributed by atoms with Crippen molar-refractivity contribution in [3.63, 3.8) is 0 Å². The van der Waals surface area contributed by atoms with Crippen molar-refractivity contribution in [1.29, 1.82) is 0 Å². The number of benzene rings is 2. The van der Waals surface area contributed by atoms with Crippen LogP contribution in [-0.2, 0) is 14.3 Å². The molecule has 0 unspecified atom stereocenters. The summed E-state index contributed by atoms with van der Waals surface area (Å²) in [5, 5.41) is 2.51. The monoisotopic (exact) mass is 415 g/mol. The van der Waals surface area contributed by atoms with Crippen LogP contribution < -0.4 is 14.8 Å². The van der Waals surface area contributed by atoms with Crippen molar-refractivity contribution in [2.24, 2.45) is 0 Å². The maximum atomic E-state index is 13.6. The molecule has 30 heavy (non-hydrogen) atoms. The third-order valence-electron chi connectivity index (χ3n) is 4.06. The van der Waals surface area contributed by atoms with Gasteiger partial charge in [0, 0.05) is 11.8 Å². The first kappa shape index (κ1) is 22.9. The summed E-state index contributed by atoms with van der Waals surface area (Å²) >= 11 is 0. The standard InChI is InChI=1S/C23H26FNO5/c1-14(2)29-20-10-7-17(12-21(20)28-5)8-11-22(26)30-16(4)23(27)25-18-9-6-15(3)19(24)13-18/h6-14,16H,1-5H3,(H,25,27)/b11-8+/t16-/m1/s1. The van der Waals surface area contributed by atoms with Crippen molar-refractivity contribution in [1.82, 2.24) is 0 Å². The molecule has 0 aliphatic heterocycles. The second kappa shape index (κ2) is 10.4. The van der Waals surface area contributed by atoms with Gasteiger partial charge in [-0.1, -0.05) is 12.1 Å². The molecule has 2 aromatic rings. The molecular weight excluding hydrogens is 389 g/mol. The van der Waals surface area contributed by atoms with E-state index in [2.05, 4.69) is 5.32 Å². The van der Waals surface area contributed by atoms with E-state index in [0.29, 0.717) is 22.6 Å². The lowest BCUT2D eigenvalue weighted by Gasteiger charge is -2.14. The molecule has 7 heteroatoms. The van der Waals surface area contributed by atoms with Gasteiger partial charge in [0.15, 0.2) is 17.6 Å². The van der Waals surface area contributed by atoms with Crippen LogP contribution in [-0.4, -0.2) is 31.2 Å². The van der Waals surface area contributed by atoms with E-state index in [-0.39, 0.29) is 11.8 Å². The zero-order valence-corrected chi connectivity index (χ0v) is 17.7. The first-order valence-corrected chi connectivity index (χ1v) is 9.50. The lowest BCUT2D eigenvalue weighted by atomic mass is 10.2. The van der Waals surface area contributed by atoms with Crippen LogP contribution in [0, 0.1) is 12.7 Å². The Hall–Kier alpha value is -3.35. The Bertz CT molecular complexity index is 939. The normalized spacial score (nSPS) is 12.0. The Morgan fingerprint density at radius 1 is 1.07 bits per heavy atom. The van der Waals surface area contributed by atoms with Crippen LogP contribution in [0.5, 0.6) is 11.5 Å². The molecule has 0 aliphatic carbocycles. The summed E-state index contributed by atoms with van der Waals surface area (Å²) in [6.45, 7) is 6.89. The number of rotatable bonds is 8. The maximum absolute atomic E-state index is 13.6. The second-order valence-corrected chi connectivity index (χ2v) is 6.94. The van der Waals surface area contributed by atoms with Gasteiger partial charge in [0.1, 0.15) is 5.82 Å². The van der Waals surface area contributed by atoms with Gasteiger partial charge in [-0.15, -0.1) is 0 Å². The van der Waals surface area contributed by atoms with Gasteiger partial charge in [-0.05, 0) is 69.2 Å². The molecule has 160 valence electrons. The molecule has 0 heterocycles. The van der Waals surface area contributed by atoms with Gasteiger partial charge in [0.05, 0.1) is 13.2 Å². The molecule has 0 aromatic heterocycles. The molecule has 1 amide bonds. The van der Waals surface area contributed by atoms with E-state index in [1.807, 2.05) is 13.8 Å². The van der Waals surface area contributed by atoms with Crippen molar-refractivity contribution < 1.29 is 28.2 Å². The molecular formula is C23H26FNO5. The first-order valence-electron chi connectivity index (χ1n) is 9.50. The van der Waals surface area contributed by atoms with E-state index >= 15 is 0 Å². The number of hydrogen-bond acceptors (Lipinski definition) is 5. The van der Waals surface area contributed by atoms with Gasteiger partial charge in [-0.3, -0.25) is 4.79 Å². The van der Waals surface area contributed by atoms with Crippen LogP contribution in [0.4, 0.5) is 10.1 Å². The molecule has 0 saturated carbocycles. The third kappa shape index (κ3) is 6.62. The van der Waals surface area contributed by atoms with Crippen molar-refractivity contribution in [2.45, 2.75) is 39.9 Å². The highest BCUT2D eigenvalue weighted by Gasteiger charge is 2.17. The zero-order chi connectivity index (χ0) is 22.3. The highest BCUT2D eigenvalue weighted by Crippen LogP contribution is 2.29. The minimum absolute atomic E-state index is 0.000642. The lowest BCUT2D eigenvalue weighted by molar-refractivity contribution is -0.148. The quantitative estimate of drug-likeness (QED) is 0.507. The molecule has 2 rings (SSSR count). The highest BCUT2D eigenvalue weighted by molar-refractivity contribution is 5.96. The van der Waals surface area contributed by atoms with E-state index in [0.717, 1.165) is 0 Å². The van der Waals surface area contributed by atoms with E-state index in [9.17, 15) is 14.0 Å². The summed E-state index contributed by atoms with van der Waals surface area (Å²) in [6, 6.07) is 9.58. The van der Waals surface area contributed by atoms with E-state index in [1.54, 1.807) is 43.3 Å². The number of anilines is 1. The van der Waals surface area contributed by atoms with Gasteiger partial charge >= 0.3 is 5.97 Å². The smallest absolute Gasteiger partial charge is 0.331 e. The molecule has 0 bridgehead atoms. The van der Waals surface area contributed by atoms with Gasteiger partial charge in [0.25, 0.3) is 5.91 Å². The van der Waals surface area contributed by atoms with E-state index in [1.165, 1.54) is 26.2 Å². The van der Waals surface area contributed by atoms with Crippen LogP contribution in [0.1, 0.15) is 31.9 Å². The summed E-state index contributed by atoms with van der Waals surface area (Å²) in [5.41, 5.74) is 1.46. The Kier molecular flexibility index (Phi) is 7.98. The summed E-state index contributed by atoms with van der Waals surface area (Å²) < 4.78 is 29.6. The highest BCUT2D eigenvalue weighted by atomic mass is 19.1. The molecule has 0 radical (unpaired) electrons. The lowest BCUT2D eigenvalue weighted by Crippen LogP contribution is -2.29. The predicted molar refractivity (Wildman–Crippen MR) is 113 cm³/mol. The second-order valence-electron chi connectivity index (χ2n) is 6.94. The maximum Gasteiger partial charge on any atom is 0.331 e. The number of carbonyl (C=O) groups is 2. The molecule has 0 saturated heterocycles. The summed E-state index contributed by atoms with van der Waals surface area (Å²) in [7, 11) is 1.53. The number of esters is 1. The third-order valence-corrected chi connectivity index (χ3v) is 4.06. The summed E-state index contributed by atoms with van der Waals surface area (Å²) in [4.78, 5) is 24.2. The van der Waals surface area contributed by atoms with Crippen LogP contribution in [0.2, 0.25) is 0 Å². The minimum Gasteiger partial charge on any atom is -0.493 e. The zero-order valence-electron chi connectivity index (χ0n) is 17.7. The molecule has 0 aliphatic rings. The van der Waals surface area contributed by atoms with E-state index in [4.69, 9.17) is 14.2 Å². The average molecular weight is 415 g/mol. The number of amides is 1. The molecule has 1 N–H and O–H groups in total. The fraction of sp³-hybridized carbons (Fsp3) is 0.304. The summed E-state index contributed by atoms with van der Waals surface area (Å²) in [5.74, 6) is -0.533. The largest absolute Gasteiger partial charge is 0.493 e. The Balaban J connectivity index is 1.96. The summed E-state index contributed by atoms with van der Waals surface area (Å²) in [6.07, 6.45) is 1.71. The number of carbonyl (C=O) groups excluding carboxylic acids is 2. The van der Waals surface area contributed by atoms with Crippen molar-refractivity contribution in [3.8, 4) is 11.5 Å². The molecule has 0 fully saturated rings. The number of nitrogens with one attached hydrogen (secondary N) is 1. The topological polar surface area (TPSA) is 73.9 Å². The van der Waals surface area contributed by atoms with Crippen LogP contribution in [0.15, 0.2) is 42.5 Å². The predicted octanol–water partition coefficient (Wildman–Crippen LogP) is 4.51. The average Bonchev–Trinajstić information content (AvgIpc) is 2.69. The Labute approximate surface area is 175 Å². The number of halogens is 1. The van der Waals surface area contributed by atoms with Gasteiger partial charge < -0.3 is 19.5 Å². The van der Waals surface area contributed by atoms with Gasteiger partial charge in [-0.2, -0.15) is 0 Å². The number of hydrogen-bond donors (Lipinski definition) is 1. The Morgan fingerprint density at radius 3 is 2.43 bits per heavy atom. The SMILES string of the molecule is COc1cc(/C=C/C(=O)O[C@H](C)C(=O)Nc2ccc(C)c(F)c2)ccc1OC(C)C. The van der Waals surface area contributed by atoms with Crippen molar-refractivity contribution in [3.05, 3.63) is 59.4 Å². The van der Waals surface area contributed by atoms with Crippen molar-refractivity contribution >= 4 is 23.6 Å². The fourth-order valence-electron chi connectivity index (χ4n) is 2.48. The molecule has 1 atom stereocenters. The van der Waals surface area contributed by atoms with Gasteiger partial charge in [0.2, 0.25) is 0 Å². The minimum atomic E-state index is -1.05. The molecule has 0 spiro atoms. The van der Waals surface area contributed by atoms with Crippen LogP contribution in [0.25, 0.3) is 6.08 Å². The number of aryl methyl sites for hydroxylation is 1. The van der Waals surface area contributed by atoms with Gasteiger partial charge in [-0.25, -0.2) is 9.18 Å². The van der Waals surface area contributed by atoms with Crippen LogP contribution in [0.3, 0.4) is 0 Å².